The van der Waals surface area contributed by atoms with E-state index in [4.69, 9.17) is 0 Å². The van der Waals surface area contributed by atoms with E-state index >= 15 is 0 Å². The molecule has 0 saturated carbocycles. The molecule has 1 heterocycles. The molecule has 1 atom stereocenters. The molecule has 0 saturated heterocycles. The zero-order chi connectivity index (χ0) is 20.0. The molecule has 0 aliphatic rings. The number of benzene rings is 2. The Morgan fingerprint density at radius 3 is 2.36 bits per heavy atom. The maximum absolute atomic E-state index is 12.8. The highest BCUT2D eigenvalue weighted by atomic mass is 32.2. The zero-order valence-electron chi connectivity index (χ0n) is 15.4. The van der Waals surface area contributed by atoms with E-state index in [0.717, 1.165) is 5.56 Å². The summed E-state index contributed by atoms with van der Waals surface area (Å²) in [6, 6.07) is 18.3. The summed E-state index contributed by atoms with van der Waals surface area (Å²) in [6.07, 6.45) is 3.09. The molecule has 0 aliphatic carbocycles. The molecular weight excluding hydrogens is 374 g/mol. The van der Waals surface area contributed by atoms with Gasteiger partial charge in [-0.2, -0.15) is 0 Å². The molecule has 0 bridgehead atoms. The topological polar surface area (TPSA) is 88.2 Å². The number of nitrogens with one attached hydrogen (secondary N) is 2. The molecule has 1 amide bonds. The lowest BCUT2D eigenvalue weighted by molar-refractivity contribution is -0.116. The molecule has 0 radical (unpaired) electrons. The number of nitrogens with zero attached hydrogens (tertiary/aromatic N) is 1. The second-order valence-corrected chi connectivity index (χ2v) is 8.11. The van der Waals surface area contributed by atoms with Crippen molar-refractivity contribution in [1.82, 2.24) is 9.71 Å². The smallest absolute Gasteiger partial charge is 0.241 e. The highest BCUT2D eigenvalue weighted by molar-refractivity contribution is 7.89. The summed E-state index contributed by atoms with van der Waals surface area (Å²) < 4.78 is 28.3. The molecule has 2 aromatic carbocycles. The predicted molar refractivity (Wildman–Crippen MR) is 108 cm³/mol. The van der Waals surface area contributed by atoms with Crippen LogP contribution in [-0.2, 0) is 14.8 Å². The van der Waals surface area contributed by atoms with E-state index in [1.165, 1.54) is 6.20 Å². The van der Waals surface area contributed by atoms with Gasteiger partial charge in [-0.3, -0.25) is 9.78 Å². The molecule has 144 valence electrons. The third-order valence-corrected chi connectivity index (χ3v) is 5.65. The number of rotatable bonds is 7. The minimum Gasteiger partial charge on any atom is -0.325 e. The Balaban J connectivity index is 1.81. The monoisotopic (exact) mass is 395 g/mol. The van der Waals surface area contributed by atoms with E-state index < -0.39 is 16.1 Å². The van der Waals surface area contributed by atoms with Gasteiger partial charge in [0.2, 0.25) is 15.9 Å². The van der Waals surface area contributed by atoms with Gasteiger partial charge in [-0.1, -0.05) is 48.0 Å². The minimum absolute atomic E-state index is 0.0516. The summed E-state index contributed by atoms with van der Waals surface area (Å²) in [5.74, 6) is -0.312. The summed E-state index contributed by atoms with van der Waals surface area (Å²) in [4.78, 5) is 16.6. The summed E-state index contributed by atoms with van der Waals surface area (Å²) in [6.45, 7) is 1.89. The van der Waals surface area contributed by atoms with Gasteiger partial charge >= 0.3 is 0 Å². The van der Waals surface area contributed by atoms with Crippen LogP contribution in [0.25, 0.3) is 0 Å². The summed E-state index contributed by atoms with van der Waals surface area (Å²) >= 11 is 0. The first kappa shape index (κ1) is 19.7. The van der Waals surface area contributed by atoms with Gasteiger partial charge < -0.3 is 5.32 Å². The van der Waals surface area contributed by atoms with Crippen molar-refractivity contribution in [3.05, 3.63) is 90.3 Å². The maximum atomic E-state index is 12.8. The van der Waals surface area contributed by atoms with Crippen LogP contribution >= 0.6 is 0 Å². The molecule has 7 heteroatoms. The zero-order valence-corrected chi connectivity index (χ0v) is 16.2. The Kier molecular flexibility index (Phi) is 6.18. The van der Waals surface area contributed by atoms with E-state index in [1.54, 1.807) is 54.7 Å². The first-order valence-electron chi connectivity index (χ1n) is 8.78. The molecule has 0 fully saturated rings. The first-order chi connectivity index (χ1) is 13.4. The highest BCUT2D eigenvalue weighted by Gasteiger charge is 2.23. The molecule has 28 heavy (non-hydrogen) atoms. The van der Waals surface area contributed by atoms with Gasteiger partial charge in [0, 0.05) is 12.6 Å². The van der Waals surface area contributed by atoms with E-state index in [1.807, 2.05) is 25.1 Å². The quantitative estimate of drug-likeness (QED) is 0.641. The number of hydrogen-bond donors (Lipinski definition) is 2. The van der Waals surface area contributed by atoms with Gasteiger partial charge in [0.05, 0.1) is 22.8 Å². The van der Waals surface area contributed by atoms with E-state index in [-0.39, 0.29) is 17.2 Å². The van der Waals surface area contributed by atoms with Crippen molar-refractivity contribution in [3.63, 3.8) is 0 Å². The largest absolute Gasteiger partial charge is 0.325 e. The van der Waals surface area contributed by atoms with Crippen LogP contribution in [0.1, 0.15) is 23.6 Å². The second kappa shape index (κ2) is 8.77. The molecule has 0 unspecified atom stereocenters. The number of carbonyl (C=O) groups excluding carboxylic acids is 1. The van der Waals surface area contributed by atoms with Crippen molar-refractivity contribution in [1.29, 1.82) is 0 Å². The van der Waals surface area contributed by atoms with Crippen LogP contribution < -0.4 is 10.0 Å². The lowest BCUT2D eigenvalue weighted by atomic mass is 10.0. The number of aromatic nitrogens is 1. The number of aryl methyl sites for hydroxylation is 1. The van der Waals surface area contributed by atoms with E-state index in [9.17, 15) is 13.2 Å². The van der Waals surface area contributed by atoms with Crippen LogP contribution in [0, 0.1) is 6.92 Å². The molecule has 2 N–H and O–H groups in total. The third-order valence-electron chi connectivity index (χ3n) is 4.17. The summed E-state index contributed by atoms with van der Waals surface area (Å²) in [5.41, 5.74) is 2.23. The van der Waals surface area contributed by atoms with Gasteiger partial charge in [-0.05, 0) is 36.8 Å². The molecule has 0 spiro atoms. The Morgan fingerprint density at radius 2 is 1.71 bits per heavy atom. The fourth-order valence-electron chi connectivity index (χ4n) is 2.72. The SMILES string of the molecule is Cc1ccc(S(=O)(=O)N[C@H](CC(=O)Nc2cccnc2)c2ccccc2)cc1. The molecule has 3 aromatic rings. The Hall–Kier alpha value is -3.03. The van der Waals surface area contributed by atoms with Crippen LogP contribution in [-0.4, -0.2) is 19.3 Å². The van der Waals surface area contributed by atoms with Gasteiger partial charge in [0.25, 0.3) is 0 Å². The van der Waals surface area contributed by atoms with Crippen molar-refractivity contribution in [2.45, 2.75) is 24.3 Å². The second-order valence-electron chi connectivity index (χ2n) is 6.39. The van der Waals surface area contributed by atoms with Crippen LogP contribution in [0.5, 0.6) is 0 Å². The van der Waals surface area contributed by atoms with Gasteiger partial charge in [0.1, 0.15) is 0 Å². The molecule has 3 rings (SSSR count). The average molecular weight is 395 g/mol. The van der Waals surface area contributed by atoms with Crippen molar-refractivity contribution >= 4 is 21.6 Å². The summed E-state index contributed by atoms with van der Waals surface area (Å²) in [5, 5.41) is 2.74. The van der Waals surface area contributed by atoms with Crippen LogP contribution in [0.4, 0.5) is 5.69 Å². The number of pyridine rings is 1. The Labute approximate surface area is 164 Å². The number of sulfonamides is 1. The lowest BCUT2D eigenvalue weighted by Crippen LogP contribution is -2.31. The van der Waals surface area contributed by atoms with E-state index in [0.29, 0.717) is 11.3 Å². The molecule has 0 aliphatic heterocycles. The van der Waals surface area contributed by atoms with Gasteiger partial charge in [0.15, 0.2) is 0 Å². The number of hydrogen-bond acceptors (Lipinski definition) is 4. The van der Waals surface area contributed by atoms with Gasteiger partial charge in [-0.15, -0.1) is 0 Å². The molecule has 6 nitrogen and oxygen atoms in total. The van der Waals surface area contributed by atoms with E-state index in [2.05, 4.69) is 15.0 Å². The number of amides is 1. The Morgan fingerprint density at radius 1 is 1.00 bits per heavy atom. The molecule has 1 aromatic heterocycles. The van der Waals surface area contributed by atoms with Gasteiger partial charge in [-0.25, -0.2) is 13.1 Å². The average Bonchev–Trinajstić information content (AvgIpc) is 2.69. The van der Waals surface area contributed by atoms with Crippen LogP contribution in [0.3, 0.4) is 0 Å². The first-order valence-corrected chi connectivity index (χ1v) is 10.3. The highest BCUT2D eigenvalue weighted by Crippen LogP contribution is 2.21. The number of carbonyl (C=O) groups is 1. The van der Waals surface area contributed by atoms with Crippen molar-refractivity contribution in [2.24, 2.45) is 0 Å². The Bertz CT molecular complexity index is 1020. The molecular formula is C21H21N3O3S. The van der Waals surface area contributed by atoms with Crippen LogP contribution in [0.2, 0.25) is 0 Å². The fraction of sp³-hybridized carbons (Fsp3) is 0.143. The number of anilines is 1. The standard InChI is InChI=1S/C21H21N3O3S/c1-16-9-11-19(12-10-16)28(26,27)24-20(17-6-3-2-4-7-17)14-21(25)23-18-8-5-13-22-15-18/h2-13,15,20,24H,14H2,1H3,(H,23,25)/t20-/m1/s1. The fourth-order valence-corrected chi connectivity index (χ4v) is 3.94. The predicted octanol–water partition coefficient (Wildman–Crippen LogP) is 3.44. The third kappa shape index (κ3) is 5.25. The van der Waals surface area contributed by atoms with Crippen LogP contribution in [0.15, 0.2) is 84.0 Å². The van der Waals surface area contributed by atoms with Crippen molar-refractivity contribution in [2.75, 3.05) is 5.32 Å². The summed E-state index contributed by atoms with van der Waals surface area (Å²) in [7, 11) is -3.79. The van der Waals surface area contributed by atoms with Crippen molar-refractivity contribution < 1.29 is 13.2 Å². The minimum atomic E-state index is -3.79. The van der Waals surface area contributed by atoms with Crippen molar-refractivity contribution in [3.8, 4) is 0 Å². The normalized spacial score (nSPS) is 12.3. The lowest BCUT2D eigenvalue weighted by Gasteiger charge is -2.19. The maximum Gasteiger partial charge on any atom is 0.241 e.